The van der Waals surface area contributed by atoms with Gasteiger partial charge >= 0.3 is 0 Å². The minimum Gasteiger partial charge on any atom is -0.348 e. The van der Waals surface area contributed by atoms with Crippen molar-refractivity contribution in [3.63, 3.8) is 0 Å². The lowest BCUT2D eigenvalue weighted by molar-refractivity contribution is 0.0951. The van der Waals surface area contributed by atoms with Gasteiger partial charge in [-0.25, -0.2) is 4.99 Å². The SMILES string of the molecule is CSC(=Nc1ccccc1C(=O)NCc1ccc(C)cc1)NC#N. The molecule has 0 spiro atoms. The number of hydrogen-bond acceptors (Lipinski definition) is 4. The van der Waals surface area contributed by atoms with Gasteiger partial charge in [0, 0.05) is 6.54 Å². The molecule has 0 radical (unpaired) electrons. The van der Waals surface area contributed by atoms with Crippen LogP contribution in [-0.2, 0) is 6.54 Å². The fourth-order valence-corrected chi connectivity index (χ4v) is 2.37. The van der Waals surface area contributed by atoms with Crippen LogP contribution in [0.15, 0.2) is 53.5 Å². The second-order valence-corrected chi connectivity index (χ2v) is 5.84. The highest BCUT2D eigenvalue weighted by Gasteiger charge is 2.11. The van der Waals surface area contributed by atoms with Crippen molar-refractivity contribution in [3.05, 3.63) is 65.2 Å². The van der Waals surface area contributed by atoms with Crippen molar-refractivity contribution in [1.82, 2.24) is 10.6 Å². The zero-order chi connectivity index (χ0) is 17.4. The second-order valence-electron chi connectivity index (χ2n) is 5.04. The highest BCUT2D eigenvalue weighted by atomic mass is 32.2. The van der Waals surface area contributed by atoms with E-state index in [9.17, 15) is 4.79 Å². The van der Waals surface area contributed by atoms with E-state index in [-0.39, 0.29) is 5.91 Å². The summed E-state index contributed by atoms with van der Waals surface area (Å²) >= 11 is 1.31. The number of carbonyl (C=O) groups excluding carboxylic acids is 1. The molecule has 0 bridgehead atoms. The Morgan fingerprint density at radius 3 is 2.58 bits per heavy atom. The van der Waals surface area contributed by atoms with E-state index >= 15 is 0 Å². The first kappa shape index (κ1) is 17.6. The van der Waals surface area contributed by atoms with Crippen molar-refractivity contribution < 1.29 is 4.79 Å². The number of amides is 1. The van der Waals surface area contributed by atoms with E-state index in [0.717, 1.165) is 5.56 Å². The molecule has 0 aliphatic rings. The Morgan fingerprint density at radius 1 is 1.21 bits per heavy atom. The predicted molar refractivity (Wildman–Crippen MR) is 98.1 cm³/mol. The standard InChI is InChI=1S/C18H18N4OS/c1-13-7-9-14(10-8-13)11-20-17(23)15-5-3-4-6-16(15)22-18(24-2)21-12-19/h3-10H,11H2,1-2H3,(H,20,23)(H,21,22). The maximum absolute atomic E-state index is 12.5. The van der Waals surface area contributed by atoms with Crippen LogP contribution in [0, 0.1) is 18.4 Å². The smallest absolute Gasteiger partial charge is 0.253 e. The van der Waals surface area contributed by atoms with Gasteiger partial charge in [0.2, 0.25) is 0 Å². The molecule has 0 aromatic heterocycles. The number of benzene rings is 2. The zero-order valence-electron chi connectivity index (χ0n) is 13.5. The van der Waals surface area contributed by atoms with Gasteiger partial charge in [0.15, 0.2) is 11.4 Å². The van der Waals surface area contributed by atoms with E-state index in [1.165, 1.54) is 17.3 Å². The summed E-state index contributed by atoms with van der Waals surface area (Å²) in [6.07, 6.45) is 3.65. The van der Waals surface area contributed by atoms with Crippen molar-refractivity contribution >= 4 is 28.5 Å². The van der Waals surface area contributed by atoms with Crippen LogP contribution < -0.4 is 10.6 Å². The van der Waals surface area contributed by atoms with Crippen LogP contribution in [0.2, 0.25) is 0 Å². The van der Waals surface area contributed by atoms with Crippen LogP contribution in [0.3, 0.4) is 0 Å². The Kier molecular flexibility index (Phi) is 6.41. The highest BCUT2D eigenvalue weighted by molar-refractivity contribution is 8.13. The van der Waals surface area contributed by atoms with Crippen molar-refractivity contribution in [1.29, 1.82) is 5.26 Å². The molecule has 0 unspecified atom stereocenters. The van der Waals surface area contributed by atoms with Gasteiger partial charge in [0.1, 0.15) is 0 Å². The molecule has 0 heterocycles. The monoisotopic (exact) mass is 338 g/mol. The second kappa shape index (κ2) is 8.75. The normalized spacial score (nSPS) is 10.8. The molecule has 0 aliphatic carbocycles. The van der Waals surface area contributed by atoms with Gasteiger partial charge in [0.05, 0.1) is 11.3 Å². The summed E-state index contributed by atoms with van der Waals surface area (Å²) in [5, 5.41) is 14.6. The van der Waals surface area contributed by atoms with Crippen LogP contribution in [0.5, 0.6) is 0 Å². The third-order valence-electron chi connectivity index (χ3n) is 3.30. The largest absolute Gasteiger partial charge is 0.348 e. The number of nitrogens with one attached hydrogen (secondary N) is 2. The Morgan fingerprint density at radius 2 is 1.92 bits per heavy atom. The number of para-hydroxylation sites is 1. The van der Waals surface area contributed by atoms with Crippen LogP contribution in [0.1, 0.15) is 21.5 Å². The van der Waals surface area contributed by atoms with Gasteiger partial charge in [-0.15, -0.1) is 0 Å². The van der Waals surface area contributed by atoms with Gasteiger partial charge < -0.3 is 5.32 Å². The fraction of sp³-hybridized carbons (Fsp3) is 0.167. The van der Waals surface area contributed by atoms with E-state index in [1.807, 2.05) is 43.6 Å². The molecule has 0 fully saturated rings. The summed E-state index contributed by atoms with van der Waals surface area (Å²) < 4.78 is 0. The summed E-state index contributed by atoms with van der Waals surface area (Å²) in [4.78, 5) is 16.8. The summed E-state index contributed by atoms with van der Waals surface area (Å²) in [7, 11) is 0. The number of aliphatic imine (C=N–C) groups is 1. The molecule has 5 nitrogen and oxygen atoms in total. The third-order valence-corrected chi connectivity index (χ3v) is 3.88. The fourth-order valence-electron chi connectivity index (χ4n) is 2.03. The first-order valence-electron chi connectivity index (χ1n) is 7.34. The zero-order valence-corrected chi connectivity index (χ0v) is 14.4. The van der Waals surface area contributed by atoms with Crippen molar-refractivity contribution in [2.45, 2.75) is 13.5 Å². The van der Waals surface area contributed by atoms with Gasteiger partial charge in [-0.2, -0.15) is 5.26 Å². The summed E-state index contributed by atoms with van der Waals surface area (Å²) in [5.74, 6) is -0.202. The topological polar surface area (TPSA) is 77.3 Å². The quantitative estimate of drug-likeness (QED) is 0.388. The number of aryl methyl sites for hydroxylation is 1. The first-order valence-corrected chi connectivity index (χ1v) is 8.57. The van der Waals surface area contributed by atoms with Crippen LogP contribution in [0.4, 0.5) is 5.69 Å². The van der Waals surface area contributed by atoms with E-state index in [4.69, 9.17) is 5.26 Å². The number of nitriles is 1. The average Bonchev–Trinajstić information content (AvgIpc) is 2.61. The van der Waals surface area contributed by atoms with Gasteiger partial charge in [-0.3, -0.25) is 10.1 Å². The molecule has 0 aliphatic heterocycles. The molecular weight excluding hydrogens is 320 g/mol. The van der Waals surface area contributed by atoms with E-state index in [2.05, 4.69) is 15.6 Å². The van der Waals surface area contributed by atoms with Crippen molar-refractivity contribution in [3.8, 4) is 6.19 Å². The van der Waals surface area contributed by atoms with E-state index in [1.54, 1.807) is 24.3 Å². The van der Waals surface area contributed by atoms with Gasteiger partial charge in [0.25, 0.3) is 5.91 Å². The molecule has 0 saturated carbocycles. The average molecular weight is 338 g/mol. The number of nitrogens with zero attached hydrogens (tertiary/aromatic N) is 2. The summed E-state index contributed by atoms with van der Waals surface area (Å²) in [6.45, 7) is 2.47. The van der Waals surface area contributed by atoms with Crippen molar-refractivity contribution in [2.75, 3.05) is 6.26 Å². The molecule has 0 atom stereocenters. The molecule has 2 aromatic carbocycles. The molecule has 2 N–H and O–H groups in total. The molecule has 2 aromatic rings. The lowest BCUT2D eigenvalue weighted by atomic mass is 10.1. The van der Waals surface area contributed by atoms with Crippen LogP contribution >= 0.6 is 11.8 Å². The summed E-state index contributed by atoms with van der Waals surface area (Å²) in [6, 6.07) is 15.1. The third kappa shape index (κ3) is 4.86. The van der Waals surface area contributed by atoms with Crippen molar-refractivity contribution in [2.24, 2.45) is 4.99 Å². The van der Waals surface area contributed by atoms with Gasteiger partial charge in [-0.05, 0) is 30.9 Å². The number of hydrogen-bond donors (Lipinski definition) is 2. The molecule has 2 rings (SSSR count). The van der Waals surface area contributed by atoms with Crippen LogP contribution in [-0.4, -0.2) is 17.3 Å². The lowest BCUT2D eigenvalue weighted by Gasteiger charge is -2.09. The first-order chi connectivity index (χ1) is 11.6. The van der Waals surface area contributed by atoms with Gasteiger partial charge in [-0.1, -0.05) is 53.7 Å². The number of thioether (sulfide) groups is 1. The minimum absolute atomic E-state index is 0.202. The predicted octanol–water partition coefficient (Wildman–Crippen LogP) is 3.35. The van der Waals surface area contributed by atoms with E-state index in [0.29, 0.717) is 23.0 Å². The number of rotatable bonds is 4. The Balaban J connectivity index is 2.14. The van der Waals surface area contributed by atoms with E-state index < -0.39 is 0 Å². The number of amidine groups is 1. The molecular formula is C18H18N4OS. The maximum Gasteiger partial charge on any atom is 0.253 e. The molecule has 0 saturated heterocycles. The Bertz CT molecular complexity index is 778. The Hall–Kier alpha value is -2.78. The highest BCUT2D eigenvalue weighted by Crippen LogP contribution is 2.20. The summed E-state index contributed by atoms with van der Waals surface area (Å²) in [5.41, 5.74) is 3.20. The molecule has 6 heteroatoms. The van der Waals surface area contributed by atoms with Crippen LogP contribution in [0.25, 0.3) is 0 Å². The number of carbonyl (C=O) groups is 1. The Labute approximate surface area is 145 Å². The maximum atomic E-state index is 12.5. The molecule has 122 valence electrons. The molecule has 1 amide bonds. The minimum atomic E-state index is -0.202. The lowest BCUT2D eigenvalue weighted by Crippen LogP contribution is -2.23. The molecule has 24 heavy (non-hydrogen) atoms.